The van der Waals surface area contributed by atoms with Gasteiger partial charge in [-0.25, -0.2) is 5.10 Å². The van der Waals surface area contributed by atoms with E-state index >= 15 is 0 Å². The van der Waals surface area contributed by atoms with Gasteiger partial charge >= 0.3 is 0 Å². The second kappa shape index (κ2) is 6.17. The third kappa shape index (κ3) is 4.16. The molecular formula is C14H20N4OS. The average Bonchev–Trinajstić information content (AvgIpc) is 2.80. The standard InChI is InChI=1S/C14H20N4OS/c1-14(2,3)10-4-6-11(7-5-10)19-8-9-20-13-16-12(15)17-18-13/h4-7H,8-9H2,1-3H3,(H3,15,16,17,18). The van der Waals surface area contributed by atoms with Crippen molar-refractivity contribution < 1.29 is 4.74 Å². The summed E-state index contributed by atoms with van der Waals surface area (Å²) in [6, 6.07) is 8.24. The minimum absolute atomic E-state index is 0.167. The Bertz CT molecular complexity index is 545. The number of ether oxygens (including phenoxy) is 1. The number of nitrogen functional groups attached to an aromatic ring is 1. The molecule has 108 valence electrons. The monoisotopic (exact) mass is 292 g/mol. The predicted molar refractivity (Wildman–Crippen MR) is 82.2 cm³/mol. The first-order valence-corrected chi connectivity index (χ1v) is 7.48. The highest BCUT2D eigenvalue weighted by Crippen LogP contribution is 2.24. The Kier molecular flexibility index (Phi) is 4.54. The van der Waals surface area contributed by atoms with E-state index in [2.05, 4.69) is 48.1 Å². The van der Waals surface area contributed by atoms with Gasteiger partial charge in [0.05, 0.1) is 6.61 Å². The van der Waals surface area contributed by atoms with Crippen molar-refractivity contribution in [3.8, 4) is 5.75 Å². The zero-order valence-corrected chi connectivity index (χ0v) is 12.8. The van der Waals surface area contributed by atoms with Crippen molar-refractivity contribution in [3.05, 3.63) is 29.8 Å². The van der Waals surface area contributed by atoms with Gasteiger partial charge in [0.25, 0.3) is 0 Å². The topological polar surface area (TPSA) is 76.8 Å². The van der Waals surface area contributed by atoms with E-state index in [1.54, 1.807) is 0 Å². The van der Waals surface area contributed by atoms with Gasteiger partial charge < -0.3 is 10.5 Å². The fraction of sp³-hybridized carbons (Fsp3) is 0.429. The lowest BCUT2D eigenvalue weighted by Gasteiger charge is -2.19. The van der Waals surface area contributed by atoms with Gasteiger partial charge in [-0.05, 0) is 23.1 Å². The van der Waals surface area contributed by atoms with Gasteiger partial charge in [0.1, 0.15) is 5.75 Å². The summed E-state index contributed by atoms with van der Waals surface area (Å²) in [5.41, 5.74) is 6.92. The average molecular weight is 292 g/mol. The summed E-state index contributed by atoms with van der Waals surface area (Å²) in [7, 11) is 0. The Morgan fingerprint density at radius 1 is 1.25 bits per heavy atom. The first kappa shape index (κ1) is 14.7. The SMILES string of the molecule is CC(C)(C)c1ccc(OCCSc2n[nH]c(N)n2)cc1. The molecule has 3 N–H and O–H groups in total. The molecular weight excluding hydrogens is 272 g/mol. The Balaban J connectivity index is 1.77. The van der Waals surface area contributed by atoms with Crippen LogP contribution in [0.3, 0.4) is 0 Å². The quantitative estimate of drug-likeness (QED) is 0.654. The van der Waals surface area contributed by atoms with E-state index in [0.717, 1.165) is 11.5 Å². The third-order valence-corrected chi connectivity index (χ3v) is 3.60. The number of nitrogens with zero attached hydrogens (tertiary/aromatic N) is 2. The van der Waals surface area contributed by atoms with Gasteiger partial charge in [0, 0.05) is 5.75 Å². The van der Waals surface area contributed by atoms with E-state index in [9.17, 15) is 0 Å². The molecule has 20 heavy (non-hydrogen) atoms. The molecule has 0 aliphatic carbocycles. The highest BCUT2D eigenvalue weighted by atomic mass is 32.2. The Morgan fingerprint density at radius 3 is 2.50 bits per heavy atom. The number of benzene rings is 1. The van der Waals surface area contributed by atoms with Crippen molar-refractivity contribution in [1.29, 1.82) is 0 Å². The van der Waals surface area contributed by atoms with Crippen LogP contribution in [0.2, 0.25) is 0 Å². The van der Waals surface area contributed by atoms with Gasteiger partial charge in [-0.2, -0.15) is 4.98 Å². The zero-order chi connectivity index (χ0) is 14.6. The van der Waals surface area contributed by atoms with Crippen LogP contribution in [0.1, 0.15) is 26.3 Å². The maximum Gasteiger partial charge on any atom is 0.216 e. The minimum Gasteiger partial charge on any atom is -0.493 e. The minimum atomic E-state index is 0.167. The second-order valence-corrected chi connectivity index (χ2v) is 6.54. The number of H-pyrrole nitrogens is 1. The van der Waals surface area contributed by atoms with Crippen molar-refractivity contribution in [1.82, 2.24) is 15.2 Å². The van der Waals surface area contributed by atoms with E-state index in [0.29, 0.717) is 17.7 Å². The molecule has 0 unspecified atom stereocenters. The molecule has 2 rings (SSSR count). The predicted octanol–water partition coefficient (Wildman–Crippen LogP) is 2.86. The Labute approximate surface area is 123 Å². The molecule has 0 fully saturated rings. The molecule has 1 heterocycles. The van der Waals surface area contributed by atoms with E-state index in [1.165, 1.54) is 17.3 Å². The summed E-state index contributed by atoms with van der Waals surface area (Å²) in [6.45, 7) is 7.19. The zero-order valence-electron chi connectivity index (χ0n) is 12.0. The molecule has 1 aromatic carbocycles. The number of nitrogens with one attached hydrogen (secondary N) is 1. The van der Waals surface area contributed by atoms with Crippen LogP contribution < -0.4 is 10.5 Å². The molecule has 0 atom stereocenters. The molecule has 0 spiro atoms. The molecule has 0 aliphatic rings. The number of thioether (sulfide) groups is 1. The number of aromatic amines is 1. The smallest absolute Gasteiger partial charge is 0.216 e. The Hall–Kier alpha value is -1.69. The van der Waals surface area contributed by atoms with Crippen molar-refractivity contribution in [2.24, 2.45) is 0 Å². The fourth-order valence-electron chi connectivity index (χ4n) is 1.67. The summed E-state index contributed by atoms with van der Waals surface area (Å²) >= 11 is 1.51. The van der Waals surface area contributed by atoms with Crippen LogP contribution in [0.15, 0.2) is 29.4 Å². The summed E-state index contributed by atoms with van der Waals surface area (Å²) < 4.78 is 5.68. The summed E-state index contributed by atoms with van der Waals surface area (Å²) in [5, 5.41) is 7.20. The third-order valence-electron chi connectivity index (χ3n) is 2.79. The van der Waals surface area contributed by atoms with Gasteiger partial charge in [0.15, 0.2) is 0 Å². The summed E-state index contributed by atoms with van der Waals surface area (Å²) in [4.78, 5) is 4.01. The fourth-order valence-corrected chi connectivity index (χ4v) is 2.29. The first-order valence-electron chi connectivity index (χ1n) is 6.49. The molecule has 0 bridgehead atoms. The maximum atomic E-state index is 5.68. The molecule has 1 aromatic heterocycles. The lowest BCUT2D eigenvalue weighted by atomic mass is 9.87. The van der Waals surface area contributed by atoms with Gasteiger partial charge in [-0.3, -0.25) is 0 Å². The highest BCUT2D eigenvalue weighted by molar-refractivity contribution is 7.99. The van der Waals surface area contributed by atoms with Crippen molar-refractivity contribution in [2.75, 3.05) is 18.1 Å². The van der Waals surface area contributed by atoms with Crippen LogP contribution >= 0.6 is 11.8 Å². The molecule has 2 aromatic rings. The molecule has 5 nitrogen and oxygen atoms in total. The highest BCUT2D eigenvalue weighted by Gasteiger charge is 2.12. The molecule has 6 heteroatoms. The van der Waals surface area contributed by atoms with Crippen LogP contribution in [0.4, 0.5) is 5.95 Å². The number of anilines is 1. The molecule has 0 amide bonds. The van der Waals surface area contributed by atoms with Gasteiger partial charge in [-0.15, -0.1) is 5.10 Å². The molecule has 0 aliphatic heterocycles. The van der Waals surface area contributed by atoms with E-state index < -0.39 is 0 Å². The first-order chi connectivity index (χ1) is 9.45. The normalized spacial score (nSPS) is 11.6. The largest absolute Gasteiger partial charge is 0.493 e. The second-order valence-electron chi connectivity index (χ2n) is 5.47. The molecule has 0 radical (unpaired) electrons. The molecule has 0 saturated heterocycles. The molecule has 0 saturated carbocycles. The van der Waals surface area contributed by atoms with Crippen LogP contribution in [0.25, 0.3) is 0 Å². The number of hydrogen-bond acceptors (Lipinski definition) is 5. The van der Waals surface area contributed by atoms with Gasteiger partial charge in [0.2, 0.25) is 11.1 Å². The number of aromatic nitrogens is 3. The van der Waals surface area contributed by atoms with Crippen molar-refractivity contribution in [3.63, 3.8) is 0 Å². The van der Waals surface area contributed by atoms with Crippen LogP contribution in [0.5, 0.6) is 5.75 Å². The summed E-state index contributed by atoms with van der Waals surface area (Å²) in [6.07, 6.45) is 0. The lowest BCUT2D eigenvalue weighted by Crippen LogP contribution is -2.10. The van der Waals surface area contributed by atoms with Crippen molar-refractivity contribution >= 4 is 17.7 Å². The van der Waals surface area contributed by atoms with Crippen LogP contribution in [-0.2, 0) is 5.41 Å². The number of hydrogen-bond donors (Lipinski definition) is 2. The Morgan fingerprint density at radius 2 is 1.95 bits per heavy atom. The lowest BCUT2D eigenvalue weighted by molar-refractivity contribution is 0.343. The van der Waals surface area contributed by atoms with Crippen LogP contribution in [0, 0.1) is 0 Å². The summed E-state index contributed by atoms with van der Waals surface area (Å²) in [5.74, 6) is 2.00. The van der Waals surface area contributed by atoms with E-state index in [1.807, 2.05) is 12.1 Å². The van der Waals surface area contributed by atoms with E-state index in [4.69, 9.17) is 10.5 Å². The number of nitrogens with two attached hydrogens (primary N) is 1. The van der Waals surface area contributed by atoms with Gasteiger partial charge in [-0.1, -0.05) is 44.7 Å². The van der Waals surface area contributed by atoms with E-state index in [-0.39, 0.29) is 5.41 Å². The maximum absolute atomic E-state index is 5.68. The number of rotatable bonds is 5. The van der Waals surface area contributed by atoms with Crippen molar-refractivity contribution in [2.45, 2.75) is 31.3 Å². The van der Waals surface area contributed by atoms with Crippen LogP contribution in [-0.4, -0.2) is 27.5 Å².